The molecule has 23 heavy (non-hydrogen) atoms. The molecule has 4 rings (SSSR count). The van der Waals surface area contributed by atoms with E-state index in [2.05, 4.69) is 16.3 Å². The topological polar surface area (TPSA) is 52.6 Å². The maximum atomic E-state index is 13.9. The summed E-state index contributed by atoms with van der Waals surface area (Å²) in [6.45, 7) is 3.81. The lowest BCUT2D eigenvalue weighted by molar-refractivity contribution is 0.0922. The maximum absolute atomic E-state index is 13.9. The summed E-state index contributed by atoms with van der Waals surface area (Å²) in [5, 5.41) is 15.0. The van der Waals surface area contributed by atoms with Crippen molar-refractivity contribution in [2.75, 3.05) is 4.90 Å². The van der Waals surface area contributed by atoms with E-state index in [9.17, 15) is 14.3 Å². The van der Waals surface area contributed by atoms with Crippen LogP contribution in [0, 0.1) is 19.7 Å². The molecule has 4 nitrogen and oxygen atoms in total. The first kappa shape index (κ1) is 14.5. The van der Waals surface area contributed by atoms with E-state index in [1.165, 1.54) is 10.9 Å². The van der Waals surface area contributed by atoms with Gasteiger partial charge in [0.1, 0.15) is 11.7 Å². The number of carbonyl (C=O) groups is 1. The molecule has 0 saturated heterocycles. The SMILES string of the molecule is Cc1cc(C2NC(=O)c3c(O)c(F)cc(C)c3N2C2CC2)cs1. The van der Waals surface area contributed by atoms with Crippen LogP contribution in [-0.4, -0.2) is 17.1 Å². The number of aryl methyl sites for hydroxylation is 2. The van der Waals surface area contributed by atoms with E-state index in [0.717, 1.165) is 18.4 Å². The van der Waals surface area contributed by atoms with Crippen LogP contribution < -0.4 is 10.2 Å². The second kappa shape index (κ2) is 4.96. The molecule has 120 valence electrons. The first-order chi connectivity index (χ1) is 11.0. The van der Waals surface area contributed by atoms with Crippen LogP contribution in [0.15, 0.2) is 17.5 Å². The summed E-state index contributed by atoms with van der Waals surface area (Å²) < 4.78 is 13.9. The van der Waals surface area contributed by atoms with Gasteiger partial charge in [-0.2, -0.15) is 0 Å². The van der Waals surface area contributed by atoms with Gasteiger partial charge in [-0.3, -0.25) is 4.79 Å². The highest BCUT2D eigenvalue weighted by Crippen LogP contribution is 2.46. The number of amides is 1. The molecule has 1 fully saturated rings. The smallest absolute Gasteiger partial charge is 0.259 e. The lowest BCUT2D eigenvalue weighted by Crippen LogP contribution is -2.48. The van der Waals surface area contributed by atoms with Crippen LogP contribution in [0.1, 0.15) is 45.4 Å². The Kier molecular flexibility index (Phi) is 3.13. The van der Waals surface area contributed by atoms with Gasteiger partial charge in [-0.15, -0.1) is 11.3 Å². The lowest BCUT2D eigenvalue weighted by Gasteiger charge is -2.40. The van der Waals surface area contributed by atoms with E-state index in [0.29, 0.717) is 17.3 Å². The predicted octanol–water partition coefficient (Wildman–Crippen LogP) is 3.62. The Morgan fingerprint density at radius 3 is 2.70 bits per heavy atom. The highest BCUT2D eigenvalue weighted by Gasteiger charge is 2.43. The number of benzene rings is 1. The molecule has 1 aliphatic carbocycles. The number of phenols is 1. The van der Waals surface area contributed by atoms with E-state index >= 15 is 0 Å². The molecule has 6 heteroatoms. The fourth-order valence-corrected chi connectivity index (χ4v) is 4.02. The second-order valence-corrected chi connectivity index (χ2v) is 7.37. The Labute approximate surface area is 137 Å². The molecule has 1 aromatic carbocycles. The Balaban J connectivity index is 1.91. The fraction of sp³-hybridized carbons (Fsp3) is 0.353. The molecule has 1 aromatic heterocycles. The van der Waals surface area contributed by atoms with Crippen molar-refractivity contribution in [3.05, 3.63) is 44.9 Å². The van der Waals surface area contributed by atoms with E-state index in [1.54, 1.807) is 18.3 Å². The average Bonchev–Trinajstić information content (AvgIpc) is 3.25. The van der Waals surface area contributed by atoms with Gasteiger partial charge in [-0.25, -0.2) is 4.39 Å². The quantitative estimate of drug-likeness (QED) is 0.883. The molecule has 2 aliphatic rings. The first-order valence-corrected chi connectivity index (χ1v) is 8.51. The number of carbonyl (C=O) groups excluding carboxylic acids is 1. The highest BCUT2D eigenvalue weighted by molar-refractivity contribution is 7.10. The molecule has 1 unspecified atom stereocenters. The number of hydrogen-bond acceptors (Lipinski definition) is 4. The average molecular weight is 332 g/mol. The van der Waals surface area contributed by atoms with Gasteiger partial charge >= 0.3 is 0 Å². The second-order valence-electron chi connectivity index (χ2n) is 6.25. The zero-order valence-corrected chi connectivity index (χ0v) is 13.7. The van der Waals surface area contributed by atoms with Crippen molar-refractivity contribution in [1.82, 2.24) is 5.32 Å². The van der Waals surface area contributed by atoms with Gasteiger partial charge in [0.2, 0.25) is 0 Å². The highest BCUT2D eigenvalue weighted by atomic mass is 32.1. The summed E-state index contributed by atoms with van der Waals surface area (Å²) in [4.78, 5) is 15.8. The van der Waals surface area contributed by atoms with Crippen molar-refractivity contribution >= 4 is 22.9 Å². The number of anilines is 1. The van der Waals surface area contributed by atoms with Crippen LogP contribution >= 0.6 is 11.3 Å². The molecule has 0 spiro atoms. The number of thiophene rings is 1. The maximum Gasteiger partial charge on any atom is 0.259 e. The normalized spacial score (nSPS) is 20.4. The first-order valence-electron chi connectivity index (χ1n) is 7.63. The van der Waals surface area contributed by atoms with Crippen molar-refractivity contribution in [1.29, 1.82) is 0 Å². The molecule has 0 bridgehead atoms. The van der Waals surface area contributed by atoms with Gasteiger partial charge in [0.25, 0.3) is 5.91 Å². The van der Waals surface area contributed by atoms with Gasteiger partial charge < -0.3 is 15.3 Å². The zero-order valence-electron chi connectivity index (χ0n) is 12.9. The van der Waals surface area contributed by atoms with E-state index in [-0.39, 0.29) is 11.7 Å². The number of phenolic OH excluding ortho intramolecular Hbond substituents is 1. The molecular formula is C17H17FN2O2S. The minimum atomic E-state index is -0.753. The number of nitrogens with one attached hydrogen (secondary N) is 1. The van der Waals surface area contributed by atoms with Crippen molar-refractivity contribution in [3.8, 4) is 5.75 Å². The molecule has 1 aliphatic heterocycles. The summed E-state index contributed by atoms with van der Waals surface area (Å²) in [6.07, 6.45) is 1.80. The van der Waals surface area contributed by atoms with Crippen molar-refractivity contribution < 1.29 is 14.3 Å². The minimum absolute atomic E-state index is 0.0533. The van der Waals surface area contributed by atoms with Gasteiger partial charge in [0, 0.05) is 16.5 Å². The molecule has 1 atom stereocenters. The predicted molar refractivity (Wildman–Crippen MR) is 87.6 cm³/mol. The van der Waals surface area contributed by atoms with Crippen LogP contribution in [0.4, 0.5) is 10.1 Å². The summed E-state index contributed by atoms with van der Waals surface area (Å²) in [5.41, 5.74) is 2.41. The largest absolute Gasteiger partial charge is 0.504 e. The molecule has 2 aromatic rings. The van der Waals surface area contributed by atoms with E-state index in [4.69, 9.17) is 0 Å². The van der Waals surface area contributed by atoms with Gasteiger partial charge in [0.15, 0.2) is 11.6 Å². The third kappa shape index (κ3) is 2.20. The standard InChI is InChI=1S/C17H17FN2O2S/c1-8-5-12(18)15(21)13-14(8)20(11-3-4-11)16(19-17(13)22)10-6-9(2)23-7-10/h5-7,11,16,21H,3-4H2,1-2H3,(H,19,22). The Morgan fingerprint density at radius 2 is 2.09 bits per heavy atom. The summed E-state index contributed by atoms with van der Waals surface area (Å²) in [6, 6.07) is 3.68. The lowest BCUT2D eigenvalue weighted by atomic mass is 9.99. The number of hydrogen-bond donors (Lipinski definition) is 2. The molecular weight excluding hydrogens is 315 g/mol. The third-order valence-electron chi connectivity index (χ3n) is 4.45. The number of rotatable bonds is 2. The van der Waals surface area contributed by atoms with Crippen molar-refractivity contribution in [3.63, 3.8) is 0 Å². The van der Waals surface area contributed by atoms with Crippen LogP contribution in [0.25, 0.3) is 0 Å². The number of nitrogens with zero attached hydrogens (tertiary/aromatic N) is 1. The van der Waals surface area contributed by atoms with Crippen molar-refractivity contribution in [2.45, 2.75) is 38.9 Å². The molecule has 2 N–H and O–H groups in total. The Bertz CT molecular complexity index is 813. The van der Waals surface area contributed by atoms with Crippen LogP contribution in [0.5, 0.6) is 5.75 Å². The van der Waals surface area contributed by atoms with Gasteiger partial charge in [-0.1, -0.05) is 0 Å². The minimum Gasteiger partial charge on any atom is -0.504 e. The van der Waals surface area contributed by atoms with Gasteiger partial charge in [-0.05, 0) is 49.8 Å². The Morgan fingerprint density at radius 1 is 1.35 bits per heavy atom. The summed E-state index contributed by atoms with van der Waals surface area (Å²) >= 11 is 1.64. The molecule has 2 heterocycles. The monoisotopic (exact) mass is 332 g/mol. The van der Waals surface area contributed by atoms with Gasteiger partial charge in [0.05, 0.1) is 5.69 Å². The zero-order chi connectivity index (χ0) is 16.3. The number of fused-ring (bicyclic) bond motifs is 1. The fourth-order valence-electron chi connectivity index (χ4n) is 3.30. The third-order valence-corrected chi connectivity index (χ3v) is 5.33. The molecule has 1 amide bonds. The molecule has 0 radical (unpaired) electrons. The summed E-state index contributed by atoms with van der Waals surface area (Å²) in [5.74, 6) is -1.74. The van der Waals surface area contributed by atoms with Crippen LogP contribution in [0.3, 0.4) is 0 Å². The summed E-state index contributed by atoms with van der Waals surface area (Å²) in [7, 11) is 0. The van der Waals surface area contributed by atoms with Crippen LogP contribution in [0.2, 0.25) is 0 Å². The number of halogens is 1. The van der Waals surface area contributed by atoms with Crippen LogP contribution in [-0.2, 0) is 0 Å². The molecule has 1 saturated carbocycles. The Hall–Kier alpha value is -2.08. The number of aromatic hydroxyl groups is 1. The van der Waals surface area contributed by atoms with E-state index < -0.39 is 17.5 Å². The van der Waals surface area contributed by atoms with Crippen molar-refractivity contribution in [2.24, 2.45) is 0 Å². The van der Waals surface area contributed by atoms with E-state index in [1.807, 2.05) is 12.3 Å².